The first kappa shape index (κ1) is 14.3. The molecule has 1 N–H and O–H groups in total. The van der Waals surface area contributed by atoms with Gasteiger partial charge < -0.3 is 5.32 Å². The first-order chi connectivity index (χ1) is 11.8. The van der Waals surface area contributed by atoms with E-state index in [1.165, 1.54) is 24.6 Å². The molecule has 0 spiro atoms. The summed E-state index contributed by atoms with van der Waals surface area (Å²) >= 11 is 6.19. The summed E-state index contributed by atoms with van der Waals surface area (Å²) in [5.74, 6) is 2.40. The van der Waals surface area contributed by atoms with Crippen LogP contribution in [0.25, 0.3) is 10.8 Å². The lowest BCUT2D eigenvalue weighted by Gasteiger charge is -2.49. The minimum Gasteiger partial charge on any atom is -0.367 e. The Bertz CT molecular complexity index is 921. The lowest BCUT2D eigenvalue weighted by Crippen LogP contribution is -2.47. The van der Waals surface area contributed by atoms with E-state index >= 15 is 0 Å². The molecule has 2 aromatic carbocycles. The number of anilines is 1. The van der Waals surface area contributed by atoms with Crippen LogP contribution in [-0.2, 0) is 6.42 Å². The number of hydrogen-bond donors (Lipinski definition) is 1. The van der Waals surface area contributed by atoms with Crippen LogP contribution in [0.2, 0.25) is 5.02 Å². The average molecular weight is 335 g/mol. The van der Waals surface area contributed by atoms with E-state index in [1.807, 2.05) is 24.4 Å². The molecule has 3 heteroatoms. The quantitative estimate of drug-likeness (QED) is 0.677. The summed E-state index contributed by atoms with van der Waals surface area (Å²) in [5.41, 5.74) is 3.12. The molecule has 0 amide bonds. The van der Waals surface area contributed by atoms with Gasteiger partial charge in [0.05, 0.1) is 0 Å². The number of hydrogen-bond acceptors (Lipinski definition) is 2. The van der Waals surface area contributed by atoms with Crippen LogP contribution in [0, 0.1) is 5.92 Å². The highest BCUT2D eigenvalue weighted by atomic mass is 35.5. The third-order valence-corrected chi connectivity index (χ3v) is 6.03. The summed E-state index contributed by atoms with van der Waals surface area (Å²) in [7, 11) is 0. The van der Waals surface area contributed by atoms with Gasteiger partial charge in [0.1, 0.15) is 5.82 Å². The Balaban J connectivity index is 1.42. The molecular weight excluding hydrogens is 316 g/mol. The van der Waals surface area contributed by atoms with Crippen LogP contribution < -0.4 is 5.32 Å². The number of rotatable bonds is 2. The van der Waals surface area contributed by atoms with Gasteiger partial charge in [-0.15, -0.1) is 0 Å². The third-order valence-electron chi connectivity index (χ3n) is 5.79. The maximum Gasteiger partial charge on any atom is 0.134 e. The van der Waals surface area contributed by atoms with Crippen LogP contribution >= 0.6 is 11.6 Å². The van der Waals surface area contributed by atoms with Gasteiger partial charge in [0, 0.05) is 22.6 Å². The van der Waals surface area contributed by atoms with Crippen molar-refractivity contribution >= 4 is 28.2 Å². The van der Waals surface area contributed by atoms with Gasteiger partial charge in [0.15, 0.2) is 0 Å². The molecular formula is C21H19ClN2. The Morgan fingerprint density at radius 3 is 2.96 bits per heavy atom. The molecule has 1 aromatic heterocycles. The van der Waals surface area contributed by atoms with E-state index in [1.54, 1.807) is 11.1 Å². The summed E-state index contributed by atoms with van der Waals surface area (Å²) in [6.45, 7) is 0. The molecule has 0 saturated heterocycles. The van der Waals surface area contributed by atoms with Crippen LogP contribution in [0.3, 0.4) is 0 Å². The Hall–Kier alpha value is -2.06. The summed E-state index contributed by atoms with van der Waals surface area (Å²) in [6, 6.07) is 17.5. The Morgan fingerprint density at radius 1 is 1.08 bits per heavy atom. The number of aromatic nitrogens is 1. The van der Waals surface area contributed by atoms with E-state index in [0.29, 0.717) is 12.0 Å². The molecule has 24 heavy (non-hydrogen) atoms. The zero-order valence-electron chi connectivity index (χ0n) is 13.4. The normalized spacial score (nSPS) is 24.8. The van der Waals surface area contributed by atoms with Crippen molar-refractivity contribution in [2.45, 2.75) is 31.2 Å². The average Bonchev–Trinajstić information content (AvgIpc) is 2.59. The fourth-order valence-corrected chi connectivity index (χ4v) is 4.68. The largest absolute Gasteiger partial charge is 0.367 e. The first-order valence-corrected chi connectivity index (χ1v) is 9.06. The summed E-state index contributed by atoms with van der Waals surface area (Å²) in [5, 5.41) is 6.77. The Labute approximate surface area is 146 Å². The molecule has 0 bridgehead atoms. The second-order valence-electron chi connectivity index (χ2n) is 7.02. The monoisotopic (exact) mass is 334 g/mol. The number of nitrogens with zero attached hydrogens (tertiary/aromatic N) is 1. The van der Waals surface area contributed by atoms with Crippen LogP contribution in [0.1, 0.15) is 29.9 Å². The summed E-state index contributed by atoms with van der Waals surface area (Å²) in [6.07, 6.45) is 5.54. The number of fused-ring (bicyclic) bond motifs is 4. The molecule has 3 unspecified atom stereocenters. The fraction of sp³-hybridized carbons (Fsp3) is 0.286. The highest BCUT2D eigenvalue weighted by molar-refractivity contribution is 6.31. The highest BCUT2D eigenvalue weighted by Crippen LogP contribution is 2.50. The van der Waals surface area contributed by atoms with Crippen LogP contribution in [0.15, 0.2) is 54.7 Å². The van der Waals surface area contributed by atoms with Crippen molar-refractivity contribution in [3.05, 3.63) is 70.9 Å². The molecule has 2 aliphatic rings. The zero-order chi connectivity index (χ0) is 16.1. The summed E-state index contributed by atoms with van der Waals surface area (Å²) in [4.78, 5) is 4.58. The molecule has 120 valence electrons. The van der Waals surface area contributed by atoms with Crippen LogP contribution in [0.5, 0.6) is 0 Å². The van der Waals surface area contributed by atoms with Crippen LogP contribution in [0.4, 0.5) is 5.82 Å². The number of benzene rings is 2. The maximum atomic E-state index is 6.19. The van der Waals surface area contributed by atoms with Gasteiger partial charge in [-0.3, -0.25) is 0 Å². The van der Waals surface area contributed by atoms with Crippen molar-refractivity contribution in [1.29, 1.82) is 0 Å². The van der Waals surface area contributed by atoms with E-state index in [-0.39, 0.29) is 0 Å². The van der Waals surface area contributed by atoms with E-state index in [0.717, 1.165) is 22.1 Å². The van der Waals surface area contributed by atoms with E-state index in [4.69, 9.17) is 11.6 Å². The third kappa shape index (κ3) is 2.21. The predicted octanol–water partition coefficient (Wildman–Crippen LogP) is 5.42. The number of pyridine rings is 1. The predicted molar refractivity (Wildman–Crippen MR) is 99.8 cm³/mol. The maximum absolute atomic E-state index is 6.19. The molecule has 2 nitrogen and oxygen atoms in total. The minimum absolute atomic E-state index is 0.514. The second-order valence-corrected chi connectivity index (χ2v) is 7.46. The minimum atomic E-state index is 0.514. The second kappa shape index (κ2) is 5.49. The number of aryl methyl sites for hydroxylation is 1. The van der Waals surface area contributed by atoms with Crippen molar-refractivity contribution in [2.24, 2.45) is 5.92 Å². The molecule has 1 fully saturated rings. The molecule has 2 aliphatic carbocycles. The van der Waals surface area contributed by atoms with Crippen molar-refractivity contribution in [2.75, 3.05) is 5.32 Å². The summed E-state index contributed by atoms with van der Waals surface area (Å²) < 4.78 is 0. The molecule has 0 aliphatic heterocycles. The topological polar surface area (TPSA) is 24.9 Å². The molecule has 3 atom stereocenters. The van der Waals surface area contributed by atoms with Crippen molar-refractivity contribution in [1.82, 2.24) is 4.98 Å². The Morgan fingerprint density at radius 2 is 2.00 bits per heavy atom. The highest BCUT2D eigenvalue weighted by Gasteiger charge is 2.44. The smallest absolute Gasteiger partial charge is 0.134 e. The van der Waals surface area contributed by atoms with Gasteiger partial charge in [-0.2, -0.15) is 0 Å². The SMILES string of the molecule is Clc1ccc2ccnc(NC3CC4c5ccccc5CCC34)c2c1. The zero-order valence-corrected chi connectivity index (χ0v) is 14.1. The van der Waals surface area contributed by atoms with Crippen molar-refractivity contribution in [3.63, 3.8) is 0 Å². The molecule has 3 aromatic rings. The van der Waals surface area contributed by atoms with E-state index in [2.05, 4.69) is 40.6 Å². The van der Waals surface area contributed by atoms with Gasteiger partial charge in [-0.05, 0) is 65.8 Å². The molecule has 1 heterocycles. The molecule has 5 rings (SSSR count). The standard InChI is InChI=1S/C21H19ClN2/c22-15-7-5-14-9-10-23-21(18(14)11-15)24-20-12-19-16-4-2-1-3-13(16)6-8-17(19)20/h1-5,7,9-11,17,19-20H,6,8,12H2,(H,23,24). The van der Waals surface area contributed by atoms with Gasteiger partial charge in [-0.1, -0.05) is 41.9 Å². The molecule has 1 saturated carbocycles. The lowest BCUT2D eigenvalue weighted by atomic mass is 9.60. The van der Waals surface area contributed by atoms with E-state index < -0.39 is 0 Å². The fourth-order valence-electron chi connectivity index (χ4n) is 4.51. The van der Waals surface area contributed by atoms with E-state index in [9.17, 15) is 0 Å². The van der Waals surface area contributed by atoms with Gasteiger partial charge >= 0.3 is 0 Å². The number of nitrogens with one attached hydrogen (secondary N) is 1. The molecule has 0 radical (unpaired) electrons. The van der Waals surface area contributed by atoms with Crippen molar-refractivity contribution < 1.29 is 0 Å². The van der Waals surface area contributed by atoms with Crippen LogP contribution in [-0.4, -0.2) is 11.0 Å². The number of halogens is 1. The van der Waals surface area contributed by atoms with Crippen molar-refractivity contribution in [3.8, 4) is 0 Å². The lowest BCUT2D eigenvalue weighted by molar-refractivity contribution is 0.194. The van der Waals surface area contributed by atoms with Gasteiger partial charge in [-0.25, -0.2) is 4.98 Å². The van der Waals surface area contributed by atoms with Gasteiger partial charge in [0.25, 0.3) is 0 Å². The Kier molecular flexibility index (Phi) is 3.27. The van der Waals surface area contributed by atoms with Gasteiger partial charge in [0.2, 0.25) is 0 Å². The first-order valence-electron chi connectivity index (χ1n) is 8.68.